The van der Waals surface area contributed by atoms with Crippen LogP contribution in [0, 0.1) is 24.2 Å². The third kappa shape index (κ3) is 3.73. The minimum Gasteiger partial charge on any atom is -0.367 e. The Bertz CT molecular complexity index is 991. The monoisotopic (exact) mass is 406 g/mol. The minimum absolute atomic E-state index is 0.0169. The van der Waals surface area contributed by atoms with Crippen LogP contribution in [0.25, 0.3) is 0 Å². The summed E-state index contributed by atoms with van der Waals surface area (Å²) in [4.78, 5) is 27.9. The van der Waals surface area contributed by atoms with E-state index in [2.05, 4.69) is 32.0 Å². The molecule has 0 saturated heterocycles. The summed E-state index contributed by atoms with van der Waals surface area (Å²) in [7, 11) is 1.91. The van der Waals surface area contributed by atoms with E-state index in [0.29, 0.717) is 23.2 Å². The molecule has 1 amide bonds. The summed E-state index contributed by atoms with van der Waals surface area (Å²) in [6.07, 6.45) is 3.41. The molecule has 0 radical (unpaired) electrons. The van der Waals surface area contributed by atoms with Crippen LogP contribution >= 0.6 is 0 Å². The molecule has 30 heavy (non-hydrogen) atoms. The third-order valence-corrected chi connectivity index (χ3v) is 5.69. The Morgan fingerprint density at radius 1 is 1.23 bits per heavy atom. The van der Waals surface area contributed by atoms with E-state index in [1.54, 1.807) is 12.3 Å². The van der Waals surface area contributed by atoms with E-state index in [4.69, 9.17) is 10.2 Å². The zero-order valence-corrected chi connectivity index (χ0v) is 17.6. The molecule has 1 fully saturated rings. The summed E-state index contributed by atoms with van der Waals surface area (Å²) in [5, 5.41) is 18.6. The Labute approximate surface area is 175 Å². The molecule has 9 nitrogen and oxygen atoms in total. The van der Waals surface area contributed by atoms with Gasteiger partial charge < -0.3 is 20.9 Å². The fraction of sp³-hybridized carbons (Fsp3) is 0.476. The molecule has 0 aromatic carbocycles. The normalized spacial score (nSPS) is 22.6. The zero-order chi connectivity index (χ0) is 21.4. The van der Waals surface area contributed by atoms with Crippen LogP contribution in [-0.2, 0) is 4.79 Å². The first-order chi connectivity index (χ1) is 14.4. The zero-order valence-electron chi connectivity index (χ0n) is 17.6. The first-order valence-electron chi connectivity index (χ1n) is 10.2. The van der Waals surface area contributed by atoms with Crippen LogP contribution in [0.3, 0.4) is 0 Å². The van der Waals surface area contributed by atoms with Crippen LogP contribution in [0.1, 0.15) is 37.9 Å². The van der Waals surface area contributed by atoms with Crippen molar-refractivity contribution in [3.8, 4) is 6.07 Å². The van der Waals surface area contributed by atoms with E-state index in [9.17, 15) is 4.79 Å². The van der Waals surface area contributed by atoms with Gasteiger partial charge in [0.05, 0.1) is 11.3 Å². The highest BCUT2D eigenvalue weighted by Gasteiger charge is 2.36. The van der Waals surface area contributed by atoms with E-state index < -0.39 is 0 Å². The number of carbonyl (C=O) groups is 1. The Kier molecular flexibility index (Phi) is 5.16. The molecule has 0 bridgehead atoms. The van der Waals surface area contributed by atoms with Gasteiger partial charge >= 0.3 is 0 Å². The number of nitrogens with one attached hydrogen (secondary N) is 3. The van der Waals surface area contributed by atoms with Gasteiger partial charge in [-0.3, -0.25) is 4.79 Å². The number of aromatic nitrogens is 3. The summed E-state index contributed by atoms with van der Waals surface area (Å²) >= 11 is 0. The van der Waals surface area contributed by atoms with Gasteiger partial charge in [0.15, 0.2) is 5.82 Å². The van der Waals surface area contributed by atoms with Gasteiger partial charge in [-0.15, -0.1) is 0 Å². The number of hydrogen-bond donors (Lipinski definition) is 3. The van der Waals surface area contributed by atoms with E-state index in [1.807, 2.05) is 38.8 Å². The van der Waals surface area contributed by atoms with Crippen molar-refractivity contribution in [2.24, 2.45) is 5.92 Å². The smallest absolute Gasteiger partial charge is 0.247 e. The topological polar surface area (TPSA) is 119 Å². The van der Waals surface area contributed by atoms with Crippen molar-refractivity contribution in [2.75, 3.05) is 27.9 Å². The molecule has 3 heterocycles. The van der Waals surface area contributed by atoms with Crippen molar-refractivity contribution in [1.82, 2.24) is 15.0 Å². The van der Waals surface area contributed by atoms with Gasteiger partial charge in [-0.25, -0.2) is 9.97 Å². The predicted octanol–water partition coefficient (Wildman–Crippen LogP) is 2.52. The number of fused-ring (bicyclic) bond motifs is 1. The van der Waals surface area contributed by atoms with Crippen LogP contribution in [0.2, 0.25) is 0 Å². The largest absolute Gasteiger partial charge is 0.367 e. The van der Waals surface area contributed by atoms with Gasteiger partial charge in [0, 0.05) is 25.3 Å². The first-order valence-corrected chi connectivity index (χ1v) is 10.2. The van der Waals surface area contributed by atoms with E-state index in [-0.39, 0.29) is 23.9 Å². The lowest BCUT2D eigenvalue weighted by Gasteiger charge is -2.38. The summed E-state index contributed by atoms with van der Waals surface area (Å²) in [5.74, 6) is 2.26. The number of aryl methyl sites for hydroxylation is 1. The lowest BCUT2D eigenvalue weighted by molar-refractivity contribution is -0.118. The first kappa shape index (κ1) is 19.9. The molecule has 3 N–H and O–H groups in total. The minimum atomic E-state index is -0.253. The van der Waals surface area contributed by atoms with Crippen molar-refractivity contribution in [2.45, 2.75) is 51.7 Å². The van der Waals surface area contributed by atoms with Gasteiger partial charge in [0.2, 0.25) is 11.9 Å². The van der Waals surface area contributed by atoms with Gasteiger partial charge in [-0.2, -0.15) is 10.2 Å². The second-order valence-corrected chi connectivity index (χ2v) is 8.32. The van der Waals surface area contributed by atoms with Crippen molar-refractivity contribution >= 4 is 29.2 Å². The summed E-state index contributed by atoms with van der Waals surface area (Å²) in [6, 6.07) is 5.98. The van der Waals surface area contributed by atoms with Crippen molar-refractivity contribution in [3.05, 3.63) is 29.6 Å². The molecule has 4 rings (SSSR count). The standard InChI is InChI=1S/C21H26N8O/c1-11(2)18-20(30)27-17-12(3)24-21(28-19(17)29(18)4)26-15-7-14(8-15)25-16-6-5-13(9-22)10-23-16/h5-6,10-11,14-15,18H,7-8H2,1-4H3,(H,23,25)(H,27,30)(H,24,26,28)/t14-,15+,18-/m0/s1. The molecule has 1 atom stereocenters. The van der Waals surface area contributed by atoms with Gasteiger partial charge in [0.25, 0.3) is 0 Å². The van der Waals surface area contributed by atoms with Gasteiger partial charge in [-0.05, 0) is 37.8 Å². The molecular weight excluding hydrogens is 380 g/mol. The van der Waals surface area contributed by atoms with E-state index in [1.165, 1.54) is 0 Å². The average molecular weight is 406 g/mol. The van der Waals surface area contributed by atoms with Crippen LogP contribution in [0.15, 0.2) is 18.3 Å². The number of pyridine rings is 1. The number of likely N-dealkylation sites (N-methyl/N-ethyl adjacent to an activating group) is 1. The molecule has 0 unspecified atom stereocenters. The van der Waals surface area contributed by atoms with Crippen molar-refractivity contribution in [1.29, 1.82) is 5.26 Å². The summed E-state index contributed by atoms with van der Waals surface area (Å²) < 4.78 is 0. The second kappa shape index (κ2) is 7.78. The fourth-order valence-corrected chi connectivity index (χ4v) is 4.07. The number of rotatable bonds is 5. The molecular formula is C21H26N8O. The Balaban J connectivity index is 1.40. The molecule has 0 spiro atoms. The average Bonchev–Trinajstić information content (AvgIpc) is 2.67. The number of nitrogens with zero attached hydrogens (tertiary/aromatic N) is 5. The SMILES string of the molecule is Cc1nc(N[C@H]2C[C@@H](Nc3ccc(C#N)cn3)C2)nc2c1NC(=O)[C@H](C(C)C)N2C. The summed E-state index contributed by atoms with van der Waals surface area (Å²) in [6.45, 7) is 5.95. The lowest BCUT2D eigenvalue weighted by atomic mass is 9.87. The molecule has 2 aromatic heterocycles. The Morgan fingerprint density at radius 2 is 1.97 bits per heavy atom. The number of carbonyl (C=O) groups excluding carboxylic acids is 1. The molecule has 1 aliphatic carbocycles. The maximum absolute atomic E-state index is 12.4. The Hall–Kier alpha value is -3.41. The van der Waals surface area contributed by atoms with Crippen LogP contribution < -0.4 is 20.9 Å². The second-order valence-electron chi connectivity index (χ2n) is 8.32. The van der Waals surface area contributed by atoms with Crippen LogP contribution in [0.5, 0.6) is 0 Å². The molecule has 9 heteroatoms. The predicted molar refractivity (Wildman–Crippen MR) is 115 cm³/mol. The molecule has 1 aliphatic heterocycles. The summed E-state index contributed by atoms with van der Waals surface area (Å²) in [5.41, 5.74) is 1.99. The number of hydrogen-bond acceptors (Lipinski definition) is 8. The Morgan fingerprint density at radius 3 is 2.60 bits per heavy atom. The van der Waals surface area contributed by atoms with E-state index >= 15 is 0 Å². The van der Waals surface area contributed by atoms with Crippen molar-refractivity contribution < 1.29 is 4.79 Å². The number of anilines is 4. The quantitative estimate of drug-likeness (QED) is 0.693. The van der Waals surface area contributed by atoms with Crippen molar-refractivity contribution in [3.63, 3.8) is 0 Å². The third-order valence-electron chi connectivity index (χ3n) is 5.69. The molecule has 156 valence electrons. The van der Waals surface area contributed by atoms with E-state index in [0.717, 1.165) is 30.2 Å². The molecule has 2 aromatic rings. The molecule has 1 saturated carbocycles. The lowest BCUT2D eigenvalue weighted by Crippen LogP contribution is -2.50. The van der Waals surface area contributed by atoms with Crippen LogP contribution in [-0.4, -0.2) is 46.0 Å². The van der Waals surface area contributed by atoms with Gasteiger partial charge in [0.1, 0.15) is 23.6 Å². The highest BCUT2D eigenvalue weighted by Crippen LogP contribution is 2.35. The maximum Gasteiger partial charge on any atom is 0.247 e. The maximum atomic E-state index is 12.4. The van der Waals surface area contributed by atoms with Gasteiger partial charge in [-0.1, -0.05) is 13.8 Å². The number of nitriles is 1. The highest BCUT2D eigenvalue weighted by atomic mass is 16.2. The molecule has 2 aliphatic rings. The van der Waals surface area contributed by atoms with Crippen LogP contribution in [0.4, 0.5) is 23.3 Å². The fourth-order valence-electron chi connectivity index (χ4n) is 4.07. The highest BCUT2D eigenvalue weighted by molar-refractivity contribution is 6.03. The number of amides is 1.